The van der Waals surface area contributed by atoms with E-state index in [-0.39, 0.29) is 29.8 Å². The van der Waals surface area contributed by atoms with E-state index in [1.807, 2.05) is 49.4 Å². The number of carbonyl (C=O) groups is 2. The van der Waals surface area contributed by atoms with Gasteiger partial charge in [0.05, 0.1) is 70.1 Å². The summed E-state index contributed by atoms with van der Waals surface area (Å²) in [6.07, 6.45) is 10.3. The van der Waals surface area contributed by atoms with Gasteiger partial charge in [0.15, 0.2) is 0 Å². The monoisotopic (exact) mass is 1040 g/mol. The molecule has 4 aliphatic rings. The first-order valence-electron chi connectivity index (χ1n) is 27.7. The molecule has 1 aliphatic carbocycles. The lowest BCUT2D eigenvalue weighted by Crippen LogP contribution is -2.58. The Labute approximate surface area is 450 Å². The van der Waals surface area contributed by atoms with Gasteiger partial charge in [-0.05, 0) is 137 Å². The zero-order valence-corrected chi connectivity index (χ0v) is 45.3. The summed E-state index contributed by atoms with van der Waals surface area (Å²) in [6, 6.07) is 25.3. The predicted molar refractivity (Wildman–Crippen MR) is 296 cm³/mol. The second-order valence-electron chi connectivity index (χ2n) is 20.6. The second-order valence-corrected chi connectivity index (χ2v) is 20.6. The van der Waals surface area contributed by atoms with Gasteiger partial charge in [-0.2, -0.15) is 5.26 Å². The summed E-state index contributed by atoms with van der Waals surface area (Å²) in [5.41, 5.74) is 5.38. The predicted octanol–water partition coefficient (Wildman–Crippen LogP) is 6.77. The van der Waals surface area contributed by atoms with Crippen LogP contribution >= 0.6 is 0 Å². The number of benzene rings is 3. The summed E-state index contributed by atoms with van der Waals surface area (Å²) >= 11 is 0. The maximum Gasteiger partial charge on any atom is 0.245 e. The number of anilines is 3. The number of likely N-dealkylation sites (N-methyl/N-ethyl adjacent to an activating group) is 2. The molecule has 2 amide bonds. The van der Waals surface area contributed by atoms with Crippen molar-refractivity contribution in [3.8, 4) is 34.4 Å². The number of hydrogen-bond donors (Lipinski definition) is 3. The molecule has 8 rings (SSSR count). The molecule has 17 nitrogen and oxygen atoms in total. The number of nitrogens with one attached hydrogen (secondary N) is 3. The van der Waals surface area contributed by atoms with E-state index in [0.29, 0.717) is 75.9 Å². The van der Waals surface area contributed by atoms with Crippen molar-refractivity contribution in [3.63, 3.8) is 0 Å². The Bertz CT molecular complexity index is 2500. The van der Waals surface area contributed by atoms with Crippen molar-refractivity contribution in [2.75, 3.05) is 137 Å². The van der Waals surface area contributed by atoms with Crippen LogP contribution in [0.4, 0.5) is 17.2 Å². The Kier molecular flexibility index (Phi) is 21.4. The number of rotatable bonds is 27. The Hall–Kier alpha value is -6.00. The summed E-state index contributed by atoms with van der Waals surface area (Å²) in [5, 5.41) is 19.2. The molecule has 4 aromatic rings. The van der Waals surface area contributed by atoms with Gasteiger partial charge in [-0.3, -0.25) is 9.59 Å². The van der Waals surface area contributed by atoms with Gasteiger partial charge < -0.3 is 64.0 Å². The third-order valence-corrected chi connectivity index (χ3v) is 15.6. The molecule has 4 heterocycles. The summed E-state index contributed by atoms with van der Waals surface area (Å²) in [4.78, 5) is 41.2. The molecule has 0 radical (unpaired) electrons. The number of amides is 2. The fourth-order valence-corrected chi connectivity index (χ4v) is 11.0. The molecular formula is C59H81N9O8. The fraction of sp³-hybridized carbons (Fsp3) is 0.559. The van der Waals surface area contributed by atoms with Crippen molar-refractivity contribution in [1.29, 1.82) is 5.26 Å². The lowest BCUT2D eigenvalue weighted by molar-refractivity contribution is -0.140. The number of aromatic nitrogens is 1. The lowest BCUT2D eigenvalue weighted by Gasteiger charge is -2.41. The van der Waals surface area contributed by atoms with Crippen LogP contribution in [0.15, 0.2) is 79.0 Å². The highest BCUT2D eigenvalue weighted by molar-refractivity contribution is 5.90. The van der Waals surface area contributed by atoms with Gasteiger partial charge in [0.25, 0.3) is 0 Å². The van der Waals surface area contributed by atoms with Gasteiger partial charge in [0.2, 0.25) is 11.8 Å². The van der Waals surface area contributed by atoms with Crippen LogP contribution in [0.25, 0.3) is 11.1 Å². The maximum atomic E-state index is 14.3. The van der Waals surface area contributed by atoms with Gasteiger partial charge in [-0.1, -0.05) is 31.4 Å². The second kappa shape index (κ2) is 28.9. The van der Waals surface area contributed by atoms with Crippen LogP contribution in [-0.2, 0) is 30.2 Å². The van der Waals surface area contributed by atoms with Crippen LogP contribution in [0.1, 0.15) is 63.0 Å². The summed E-state index contributed by atoms with van der Waals surface area (Å²) < 4.78 is 35.3. The number of likely N-dealkylation sites (tertiary alicyclic amines) is 2. The number of nitrogens with zero attached hydrogens (tertiary/aromatic N) is 6. The van der Waals surface area contributed by atoms with E-state index in [4.69, 9.17) is 28.4 Å². The molecule has 3 aliphatic heterocycles. The zero-order valence-electron chi connectivity index (χ0n) is 45.3. The first-order chi connectivity index (χ1) is 37.2. The van der Waals surface area contributed by atoms with Crippen LogP contribution in [-0.4, -0.2) is 176 Å². The van der Waals surface area contributed by atoms with Gasteiger partial charge in [-0.15, -0.1) is 0 Å². The van der Waals surface area contributed by atoms with E-state index >= 15 is 0 Å². The minimum absolute atomic E-state index is 0.0933. The van der Waals surface area contributed by atoms with Crippen molar-refractivity contribution in [2.45, 2.75) is 76.4 Å². The van der Waals surface area contributed by atoms with Gasteiger partial charge in [-0.25, -0.2) is 4.98 Å². The average Bonchev–Trinajstić information content (AvgIpc) is 3.89. The number of piperazine rings is 1. The lowest BCUT2D eigenvalue weighted by atomic mass is 9.83. The summed E-state index contributed by atoms with van der Waals surface area (Å²) in [7, 11) is 5.55. The number of pyridine rings is 1. The van der Waals surface area contributed by atoms with E-state index in [0.717, 1.165) is 131 Å². The molecule has 410 valence electrons. The Morgan fingerprint density at radius 1 is 0.776 bits per heavy atom. The first kappa shape index (κ1) is 56.2. The third kappa shape index (κ3) is 15.8. The van der Waals surface area contributed by atoms with Crippen LogP contribution < -0.4 is 35.1 Å². The Balaban J connectivity index is 0.695. The molecule has 3 N–H and O–H groups in total. The van der Waals surface area contributed by atoms with E-state index in [1.165, 1.54) is 12.0 Å². The highest BCUT2D eigenvalue weighted by atomic mass is 16.6. The standard InChI is InChI=1S/C59H81N9O8/c1-43(61-2)58(69)64-57(47-8-6-5-7-9-47)59(70)68-25-21-46-20-24-66(42-53(46)68)23-19-44-10-14-50(15-11-44)75-36-34-73-32-30-72-31-33-74-35-37-76-55-40-49(13-16-52(55)67-28-26-65(3)27-29-67)63-56-39-48(18-22-62-56)51-38-45(41-60)12-17-54(51)71-4/h10-18,22,38-40,43,46-47,53,57,61H,5-9,19-21,23-37,42H2,1-4H3,(H,62,63)(H,64,69)/t43-,46?,53?,57-/m0/s1. The SMILES string of the molecule is CN[C@@H](C)C(=O)N[C@H](C(=O)N1CCC2CCN(CCc3ccc(OCCOCCOCCOCCOc4cc(Nc5cc(-c6cc(C#N)ccc6OC)ccn5)ccc4N4CCN(C)CC4)cc3)CC21)C1CCCCC1. The first-order valence-corrected chi connectivity index (χ1v) is 27.7. The van der Waals surface area contributed by atoms with Crippen molar-refractivity contribution >= 4 is 29.0 Å². The largest absolute Gasteiger partial charge is 0.496 e. The van der Waals surface area contributed by atoms with Gasteiger partial charge in [0, 0.05) is 75.4 Å². The molecule has 1 aromatic heterocycles. The fourth-order valence-electron chi connectivity index (χ4n) is 11.0. The van der Waals surface area contributed by atoms with E-state index in [9.17, 15) is 14.9 Å². The molecule has 2 unspecified atom stereocenters. The molecule has 0 spiro atoms. The van der Waals surface area contributed by atoms with Crippen molar-refractivity contribution in [3.05, 3.63) is 90.1 Å². The smallest absolute Gasteiger partial charge is 0.245 e. The topological polar surface area (TPSA) is 175 Å². The number of carbonyl (C=O) groups excluding carboxylic acids is 2. The van der Waals surface area contributed by atoms with Gasteiger partial charge in [0.1, 0.15) is 42.3 Å². The van der Waals surface area contributed by atoms with Crippen molar-refractivity contribution < 1.29 is 38.0 Å². The third-order valence-electron chi connectivity index (χ3n) is 15.6. The zero-order chi connectivity index (χ0) is 53.1. The normalized spacial score (nSPS) is 19.1. The van der Waals surface area contributed by atoms with Crippen LogP contribution in [0.3, 0.4) is 0 Å². The molecule has 0 bridgehead atoms. The summed E-state index contributed by atoms with van der Waals surface area (Å²) in [6.45, 7) is 12.8. The highest BCUT2D eigenvalue weighted by Gasteiger charge is 2.44. The number of fused-ring (bicyclic) bond motifs is 1. The number of methoxy groups -OCH3 is 1. The number of nitriles is 1. The molecular weight excluding hydrogens is 963 g/mol. The quantitative estimate of drug-likeness (QED) is 0.0534. The van der Waals surface area contributed by atoms with Crippen molar-refractivity contribution in [2.24, 2.45) is 11.8 Å². The maximum absolute atomic E-state index is 14.3. The van der Waals surface area contributed by atoms with Crippen LogP contribution in [0.5, 0.6) is 17.2 Å². The summed E-state index contributed by atoms with van der Waals surface area (Å²) in [5.74, 6) is 3.68. The molecule has 1 saturated carbocycles. The van der Waals surface area contributed by atoms with Crippen LogP contribution in [0.2, 0.25) is 0 Å². The van der Waals surface area contributed by atoms with E-state index in [1.54, 1.807) is 32.5 Å². The Morgan fingerprint density at radius 2 is 1.49 bits per heavy atom. The molecule has 3 aromatic carbocycles. The molecule has 4 atom stereocenters. The number of ether oxygens (including phenoxy) is 6. The van der Waals surface area contributed by atoms with E-state index in [2.05, 4.69) is 71.8 Å². The van der Waals surface area contributed by atoms with E-state index < -0.39 is 6.04 Å². The number of piperidine rings is 1. The van der Waals surface area contributed by atoms with Crippen LogP contribution in [0, 0.1) is 23.2 Å². The van der Waals surface area contributed by atoms with Gasteiger partial charge >= 0.3 is 0 Å². The molecule has 17 heteroatoms. The molecule has 3 saturated heterocycles. The molecule has 76 heavy (non-hydrogen) atoms. The highest BCUT2D eigenvalue weighted by Crippen LogP contribution is 2.37. The minimum Gasteiger partial charge on any atom is -0.496 e. The number of hydrogen-bond acceptors (Lipinski definition) is 15. The van der Waals surface area contributed by atoms with Crippen molar-refractivity contribution in [1.82, 2.24) is 30.3 Å². The Morgan fingerprint density at radius 3 is 2.20 bits per heavy atom. The average molecular weight is 1040 g/mol. The molecule has 4 fully saturated rings. The minimum atomic E-state index is -0.441.